The highest BCUT2D eigenvalue weighted by atomic mass is 16.5. The van der Waals surface area contributed by atoms with Gasteiger partial charge in [0.2, 0.25) is 0 Å². The number of carbonyl (C=O) groups is 1. The monoisotopic (exact) mass is 331 g/mol. The maximum Gasteiger partial charge on any atom is 0.251 e. The van der Waals surface area contributed by atoms with Crippen LogP contribution in [0.4, 0.5) is 0 Å². The third kappa shape index (κ3) is 4.37. The Kier molecular flexibility index (Phi) is 4.97. The molecule has 2 fully saturated rings. The quantitative estimate of drug-likeness (QED) is 0.871. The van der Waals surface area contributed by atoms with Gasteiger partial charge in [0, 0.05) is 5.56 Å². The zero-order valence-electron chi connectivity index (χ0n) is 14.8. The summed E-state index contributed by atoms with van der Waals surface area (Å²) in [7, 11) is 0. The zero-order valence-corrected chi connectivity index (χ0v) is 14.8. The molecule has 1 atom stereocenters. The van der Waals surface area contributed by atoms with E-state index in [1.165, 1.54) is 12.8 Å². The first kappa shape index (κ1) is 17.4. The van der Waals surface area contributed by atoms with Crippen LogP contribution in [0.3, 0.4) is 0 Å². The Morgan fingerprint density at radius 3 is 2.58 bits per heavy atom. The van der Waals surface area contributed by atoms with Gasteiger partial charge in [-0.1, -0.05) is 25.0 Å². The SMILES string of the molecule is CC(C)(O)CCc1ccc(C(=O)N[C@@H]2COC3(CCCC3)C2)cc1. The minimum Gasteiger partial charge on any atom is -0.390 e. The molecule has 24 heavy (non-hydrogen) atoms. The molecule has 1 aromatic carbocycles. The maximum absolute atomic E-state index is 12.4. The zero-order chi connectivity index (χ0) is 17.2. The number of rotatable bonds is 5. The number of aryl methyl sites for hydroxylation is 1. The minimum atomic E-state index is -0.658. The number of aliphatic hydroxyl groups is 1. The van der Waals surface area contributed by atoms with Gasteiger partial charge >= 0.3 is 0 Å². The molecule has 1 spiro atoms. The predicted octanol–water partition coefficient (Wildman–Crippen LogP) is 3.22. The molecule has 1 saturated heterocycles. The third-order valence-electron chi connectivity index (χ3n) is 5.30. The highest BCUT2D eigenvalue weighted by molar-refractivity contribution is 5.94. The molecular weight excluding hydrogens is 302 g/mol. The van der Waals surface area contributed by atoms with Gasteiger partial charge in [0.05, 0.1) is 23.9 Å². The van der Waals surface area contributed by atoms with E-state index in [1.807, 2.05) is 38.1 Å². The predicted molar refractivity (Wildman–Crippen MR) is 94.1 cm³/mol. The summed E-state index contributed by atoms with van der Waals surface area (Å²) in [6, 6.07) is 7.83. The van der Waals surface area contributed by atoms with Gasteiger partial charge < -0.3 is 15.2 Å². The third-order valence-corrected chi connectivity index (χ3v) is 5.30. The molecule has 1 saturated carbocycles. The van der Waals surface area contributed by atoms with Crippen LogP contribution in [0.2, 0.25) is 0 Å². The van der Waals surface area contributed by atoms with Crippen molar-refractivity contribution in [3.05, 3.63) is 35.4 Å². The molecular formula is C20H29NO3. The topological polar surface area (TPSA) is 58.6 Å². The van der Waals surface area contributed by atoms with E-state index in [9.17, 15) is 9.90 Å². The van der Waals surface area contributed by atoms with E-state index >= 15 is 0 Å². The summed E-state index contributed by atoms with van der Waals surface area (Å²) >= 11 is 0. The molecule has 4 nitrogen and oxygen atoms in total. The van der Waals surface area contributed by atoms with Crippen molar-refractivity contribution in [3.8, 4) is 0 Å². The molecule has 0 unspecified atom stereocenters. The summed E-state index contributed by atoms with van der Waals surface area (Å²) in [6.07, 6.45) is 7.22. The Hall–Kier alpha value is -1.39. The van der Waals surface area contributed by atoms with E-state index in [0.29, 0.717) is 18.6 Å². The van der Waals surface area contributed by atoms with Gasteiger partial charge in [-0.05, 0) is 63.6 Å². The van der Waals surface area contributed by atoms with Crippen LogP contribution in [0.1, 0.15) is 68.3 Å². The fraction of sp³-hybridized carbons (Fsp3) is 0.650. The average Bonchev–Trinajstić information content (AvgIpc) is 3.15. The van der Waals surface area contributed by atoms with Crippen LogP contribution >= 0.6 is 0 Å². The Labute approximate surface area is 144 Å². The fourth-order valence-corrected chi connectivity index (χ4v) is 3.85. The lowest BCUT2D eigenvalue weighted by atomic mass is 9.96. The highest BCUT2D eigenvalue weighted by Gasteiger charge is 2.42. The van der Waals surface area contributed by atoms with E-state index in [0.717, 1.165) is 31.2 Å². The summed E-state index contributed by atoms with van der Waals surface area (Å²) in [6.45, 7) is 4.26. The van der Waals surface area contributed by atoms with E-state index in [-0.39, 0.29) is 17.6 Å². The normalized spacial score (nSPS) is 22.9. The molecule has 4 heteroatoms. The Bertz CT molecular complexity index is 568. The van der Waals surface area contributed by atoms with Crippen molar-refractivity contribution in [2.45, 2.75) is 76.0 Å². The van der Waals surface area contributed by atoms with Crippen molar-refractivity contribution in [1.29, 1.82) is 0 Å². The van der Waals surface area contributed by atoms with Crippen LogP contribution < -0.4 is 5.32 Å². The molecule has 2 aliphatic rings. The number of benzene rings is 1. The van der Waals surface area contributed by atoms with Crippen LogP contribution in [0.5, 0.6) is 0 Å². The summed E-state index contributed by atoms with van der Waals surface area (Å²) < 4.78 is 6.00. The summed E-state index contributed by atoms with van der Waals surface area (Å²) in [5.74, 6) is -0.0207. The standard InChI is InChI=1S/C20H29NO3/c1-19(2,23)12-9-15-5-7-16(8-6-15)18(22)21-17-13-20(24-14-17)10-3-4-11-20/h5-8,17,23H,3-4,9-14H2,1-2H3,(H,21,22)/t17-/m0/s1. The molecule has 1 aliphatic heterocycles. The molecule has 1 aliphatic carbocycles. The second-order valence-electron chi connectivity index (χ2n) is 8.08. The number of amides is 1. The van der Waals surface area contributed by atoms with Crippen molar-refractivity contribution >= 4 is 5.91 Å². The van der Waals surface area contributed by atoms with Crippen molar-refractivity contribution in [3.63, 3.8) is 0 Å². The number of ether oxygens (including phenoxy) is 1. The number of nitrogens with one attached hydrogen (secondary N) is 1. The van der Waals surface area contributed by atoms with Gasteiger partial charge in [-0.2, -0.15) is 0 Å². The summed E-state index contributed by atoms with van der Waals surface area (Å²) in [5, 5.41) is 12.9. The molecule has 1 amide bonds. The van der Waals surface area contributed by atoms with Crippen molar-refractivity contribution in [2.75, 3.05) is 6.61 Å². The minimum absolute atomic E-state index is 0.0207. The summed E-state index contributed by atoms with van der Waals surface area (Å²) in [4.78, 5) is 12.4. The molecule has 0 bridgehead atoms. The van der Waals surface area contributed by atoms with Crippen LogP contribution in [0, 0.1) is 0 Å². The van der Waals surface area contributed by atoms with Crippen molar-refractivity contribution in [1.82, 2.24) is 5.32 Å². The van der Waals surface area contributed by atoms with Crippen molar-refractivity contribution in [2.24, 2.45) is 0 Å². The Balaban J connectivity index is 1.52. The van der Waals surface area contributed by atoms with E-state index < -0.39 is 5.60 Å². The number of hydrogen-bond donors (Lipinski definition) is 2. The first-order chi connectivity index (χ1) is 11.4. The molecule has 3 rings (SSSR count). The smallest absolute Gasteiger partial charge is 0.251 e. The van der Waals surface area contributed by atoms with Crippen molar-refractivity contribution < 1.29 is 14.6 Å². The lowest BCUT2D eigenvalue weighted by Crippen LogP contribution is -2.36. The maximum atomic E-state index is 12.4. The average molecular weight is 331 g/mol. The van der Waals surface area contributed by atoms with E-state index in [2.05, 4.69) is 5.32 Å². The van der Waals surface area contributed by atoms with E-state index in [4.69, 9.17) is 4.74 Å². The van der Waals surface area contributed by atoms with Crippen LogP contribution in [-0.4, -0.2) is 34.9 Å². The molecule has 1 heterocycles. The molecule has 132 valence electrons. The van der Waals surface area contributed by atoms with Gasteiger partial charge in [-0.15, -0.1) is 0 Å². The second-order valence-corrected chi connectivity index (χ2v) is 8.08. The largest absolute Gasteiger partial charge is 0.390 e. The van der Waals surface area contributed by atoms with Gasteiger partial charge in [-0.3, -0.25) is 4.79 Å². The Morgan fingerprint density at radius 1 is 1.29 bits per heavy atom. The summed E-state index contributed by atoms with van der Waals surface area (Å²) in [5.41, 5.74) is 1.21. The van der Waals surface area contributed by atoms with Gasteiger partial charge in [-0.25, -0.2) is 0 Å². The van der Waals surface area contributed by atoms with Crippen LogP contribution in [0.25, 0.3) is 0 Å². The first-order valence-corrected chi connectivity index (χ1v) is 9.11. The number of carbonyl (C=O) groups excluding carboxylic acids is 1. The number of hydrogen-bond acceptors (Lipinski definition) is 3. The lowest BCUT2D eigenvalue weighted by Gasteiger charge is -2.21. The lowest BCUT2D eigenvalue weighted by molar-refractivity contribution is 0.00987. The van der Waals surface area contributed by atoms with Crippen LogP contribution in [-0.2, 0) is 11.2 Å². The van der Waals surface area contributed by atoms with Gasteiger partial charge in [0.25, 0.3) is 5.91 Å². The van der Waals surface area contributed by atoms with Crippen LogP contribution in [0.15, 0.2) is 24.3 Å². The molecule has 0 aromatic heterocycles. The fourth-order valence-electron chi connectivity index (χ4n) is 3.85. The Morgan fingerprint density at radius 2 is 1.96 bits per heavy atom. The first-order valence-electron chi connectivity index (χ1n) is 9.11. The molecule has 0 radical (unpaired) electrons. The van der Waals surface area contributed by atoms with E-state index in [1.54, 1.807) is 0 Å². The van der Waals surface area contributed by atoms with Gasteiger partial charge in [0.15, 0.2) is 0 Å². The molecule has 2 N–H and O–H groups in total. The second kappa shape index (κ2) is 6.85. The van der Waals surface area contributed by atoms with Gasteiger partial charge in [0.1, 0.15) is 0 Å². The molecule has 1 aromatic rings. The highest BCUT2D eigenvalue weighted by Crippen LogP contribution is 2.40.